The lowest BCUT2D eigenvalue weighted by Gasteiger charge is -2.38. The molecule has 0 spiro atoms. The average Bonchev–Trinajstić information content (AvgIpc) is 2.39. The molecular formula is C14H18BF3NO2-. The summed E-state index contributed by atoms with van der Waals surface area (Å²) in [5, 5.41) is 2.60. The number of halogens is 3. The van der Waals surface area contributed by atoms with Crippen LogP contribution in [0.4, 0.5) is 17.7 Å². The fraction of sp³-hybridized carbons (Fsp3) is 0.500. The highest BCUT2D eigenvalue weighted by Crippen LogP contribution is 2.39. The lowest BCUT2D eigenvalue weighted by Crippen LogP contribution is -2.38. The number of benzene rings is 1. The van der Waals surface area contributed by atoms with Crippen LogP contribution in [0.25, 0.3) is 0 Å². The molecule has 1 aliphatic carbocycles. The number of rotatable bonds is 6. The van der Waals surface area contributed by atoms with Crippen LogP contribution in [-0.2, 0) is 11.3 Å². The van der Waals surface area contributed by atoms with Crippen LogP contribution in [0.5, 0.6) is 0 Å². The average molecular weight is 300 g/mol. The first-order valence-electron chi connectivity index (χ1n) is 7.08. The zero-order valence-corrected chi connectivity index (χ0v) is 11.6. The van der Waals surface area contributed by atoms with Gasteiger partial charge in [0.2, 0.25) is 0 Å². The van der Waals surface area contributed by atoms with E-state index in [1.807, 2.05) is 30.3 Å². The Morgan fingerprint density at radius 2 is 1.86 bits per heavy atom. The lowest BCUT2D eigenvalue weighted by molar-refractivity contribution is 0.130. The molecule has 0 saturated heterocycles. The van der Waals surface area contributed by atoms with Gasteiger partial charge in [-0.25, -0.2) is 4.79 Å². The second kappa shape index (κ2) is 6.87. The van der Waals surface area contributed by atoms with Gasteiger partial charge in [0, 0.05) is 6.54 Å². The van der Waals surface area contributed by atoms with Crippen LogP contribution in [0.1, 0.15) is 18.4 Å². The summed E-state index contributed by atoms with van der Waals surface area (Å²) in [6.45, 7) is -4.11. The van der Waals surface area contributed by atoms with E-state index >= 15 is 0 Å². The molecule has 3 nitrogen and oxygen atoms in total. The molecule has 1 N–H and O–H groups in total. The molecule has 1 aromatic carbocycles. The Morgan fingerprint density at radius 1 is 1.19 bits per heavy atom. The molecule has 1 aliphatic rings. The van der Waals surface area contributed by atoms with Crippen molar-refractivity contribution in [3.63, 3.8) is 0 Å². The minimum atomic E-state index is -4.69. The smallest absolute Gasteiger partial charge is 0.449 e. The monoisotopic (exact) mass is 300 g/mol. The maximum absolute atomic E-state index is 12.2. The summed E-state index contributed by atoms with van der Waals surface area (Å²) >= 11 is 0. The number of carbonyl (C=O) groups excluding carboxylic acids is 1. The number of nitrogens with one attached hydrogen (secondary N) is 1. The van der Waals surface area contributed by atoms with Crippen molar-refractivity contribution in [3.05, 3.63) is 35.9 Å². The number of alkyl carbamates (subject to hydrolysis) is 1. The minimum Gasteiger partial charge on any atom is -0.449 e. The fourth-order valence-corrected chi connectivity index (χ4v) is 2.61. The third-order valence-electron chi connectivity index (χ3n) is 3.68. The Balaban J connectivity index is 1.57. The van der Waals surface area contributed by atoms with Gasteiger partial charge in [0.1, 0.15) is 6.61 Å². The van der Waals surface area contributed by atoms with E-state index in [1.54, 1.807) is 0 Å². The fourth-order valence-electron chi connectivity index (χ4n) is 2.61. The molecule has 0 radical (unpaired) electrons. The van der Waals surface area contributed by atoms with Crippen molar-refractivity contribution in [2.75, 3.05) is 6.54 Å². The summed E-state index contributed by atoms with van der Waals surface area (Å²) in [6.07, 6.45) is -0.127. The number of hydrogen-bond donors (Lipinski definition) is 1. The topological polar surface area (TPSA) is 38.3 Å². The van der Waals surface area contributed by atoms with Crippen molar-refractivity contribution in [2.24, 2.45) is 11.8 Å². The molecule has 116 valence electrons. The largest absolute Gasteiger partial charge is 0.478 e. The summed E-state index contributed by atoms with van der Waals surface area (Å²) in [4.78, 5) is 11.5. The van der Waals surface area contributed by atoms with Crippen LogP contribution < -0.4 is 5.32 Å². The second-order valence-corrected chi connectivity index (χ2v) is 5.59. The van der Waals surface area contributed by atoms with Crippen LogP contribution in [0.2, 0.25) is 6.32 Å². The number of hydrogen-bond acceptors (Lipinski definition) is 2. The van der Waals surface area contributed by atoms with Crippen molar-refractivity contribution < 1.29 is 22.5 Å². The second-order valence-electron chi connectivity index (χ2n) is 5.59. The summed E-state index contributed by atoms with van der Waals surface area (Å²) in [5.41, 5.74) is 0.892. The van der Waals surface area contributed by atoms with E-state index in [9.17, 15) is 17.7 Å². The van der Waals surface area contributed by atoms with Gasteiger partial charge in [-0.05, 0) is 24.3 Å². The predicted molar refractivity (Wildman–Crippen MR) is 74.7 cm³/mol. The molecular weight excluding hydrogens is 282 g/mol. The highest BCUT2D eigenvalue weighted by atomic mass is 19.4. The zero-order chi connectivity index (χ0) is 15.3. The number of amides is 1. The van der Waals surface area contributed by atoms with Gasteiger partial charge in [0.25, 0.3) is 0 Å². The maximum Gasteiger partial charge on any atom is 0.478 e. The van der Waals surface area contributed by atoms with E-state index in [0.717, 1.165) is 5.56 Å². The Bertz CT molecular complexity index is 461. The number of carbonyl (C=O) groups is 1. The van der Waals surface area contributed by atoms with Gasteiger partial charge in [-0.15, -0.1) is 0 Å². The SMILES string of the molecule is O=C(NCC1CC(C[B-](F)(F)F)C1)OCc1ccccc1. The summed E-state index contributed by atoms with van der Waals surface area (Å²) < 4.78 is 41.6. The first-order valence-corrected chi connectivity index (χ1v) is 7.08. The van der Waals surface area contributed by atoms with Crippen LogP contribution in [0, 0.1) is 11.8 Å². The zero-order valence-electron chi connectivity index (χ0n) is 11.6. The molecule has 0 unspecified atom stereocenters. The van der Waals surface area contributed by atoms with E-state index in [2.05, 4.69) is 5.32 Å². The predicted octanol–water partition coefficient (Wildman–Crippen LogP) is 3.79. The Morgan fingerprint density at radius 3 is 2.48 bits per heavy atom. The standard InChI is InChI=1S/C14H18BF3NO2/c16-15(17,18)8-12-6-13(7-12)9-19-14(20)21-10-11-4-2-1-3-5-11/h1-5,12-13H,6-10H2,(H,19,20)/q-1. The molecule has 0 atom stereocenters. The van der Waals surface area contributed by atoms with E-state index in [0.29, 0.717) is 19.4 Å². The van der Waals surface area contributed by atoms with Crippen molar-refractivity contribution in [1.82, 2.24) is 5.32 Å². The molecule has 0 aliphatic heterocycles. The molecule has 0 aromatic heterocycles. The normalized spacial score (nSPS) is 21.5. The van der Waals surface area contributed by atoms with E-state index in [-0.39, 0.29) is 18.4 Å². The molecule has 1 fully saturated rings. The first kappa shape index (κ1) is 15.7. The van der Waals surface area contributed by atoms with Gasteiger partial charge in [-0.2, -0.15) is 0 Å². The van der Waals surface area contributed by atoms with Crippen molar-refractivity contribution in [3.8, 4) is 0 Å². The van der Waals surface area contributed by atoms with Crippen molar-refractivity contribution in [1.29, 1.82) is 0 Å². The van der Waals surface area contributed by atoms with Gasteiger partial charge in [0.15, 0.2) is 0 Å². The van der Waals surface area contributed by atoms with Crippen molar-refractivity contribution >= 4 is 13.1 Å². The van der Waals surface area contributed by atoms with Gasteiger partial charge in [-0.1, -0.05) is 42.6 Å². The Labute approximate surface area is 121 Å². The Hall–Kier alpha value is -1.66. The summed E-state index contributed by atoms with van der Waals surface area (Å²) in [6, 6.07) is 9.28. The van der Waals surface area contributed by atoms with Crippen LogP contribution in [0.15, 0.2) is 30.3 Å². The van der Waals surface area contributed by atoms with Gasteiger partial charge in [0.05, 0.1) is 0 Å². The van der Waals surface area contributed by atoms with Crippen molar-refractivity contribution in [2.45, 2.75) is 25.8 Å². The molecule has 1 amide bonds. The minimum absolute atomic E-state index is 0.137. The lowest BCUT2D eigenvalue weighted by atomic mass is 9.64. The van der Waals surface area contributed by atoms with Crippen LogP contribution >= 0.6 is 0 Å². The molecule has 2 rings (SSSR count). The first-order chi connectivity index (χ1) is 9.92. The highest BCUT2D eigenvalue weighted by Gasteiger charge is 2.35. The van der Waals surface area contributed by atoms with E-state index in [4.69, 9.17) is 4.74 Å². The van der Waals surface area contributed by atoms with E-state index in [1.165, 1.54) is 0 Å². The third kappa shape index (κ3) is 5.69. The molecule has 7 heteroatoms. The highest BCUT2D eigenvalue weighted by molar-refractivity contribution is 6.58. The molecule has 21 heavy (non-hydrogen) atoms. The van der Waals surface area contributed by atoms with Gasteiger partial charge < -0.3 is 23.0 Å². The Kier molecular flexibility index (Phi) is 5.14. The molecule has 0 heterocycles. The number of ether oxygens (including phenoxy) is 1. The molecule has 1 saturated carbocycles. The van der Waals surface area contributed by atoms with Gasteiger partial charge in [-0.3, -0.25) is 0 Å². The van der Waals surface area contributed by atoms with Gasteiger partial charge >= 0.3 is 13.1 Å². The third-order valence-corrected chi connectivity index (χ3v) is 3.68. The van der Waals surface area contributed by atoms with Crippen LogP contribution in [-0.4, -0.2) is 19.6 Å². The van der Waals surface area contributed by atoms with Crippen LogP contribution in [0.3, 0.4) is 0 Å². The molecule has 1 aromatic rings. The molecule has 0 bridgehead atoms. The maximum atomic E-state index is 12.2. The summed E-state index contributed by atoms with van der Waals surface area (Å²) in [5.74, 6) is -0.130. The van der Waals surface area contributed by atoms with E-state index < -0.39 is 19.4 Å². The summed E-state index contributed by atoms with van der Waals surface area (Å²) in [7, 11) is 0. The quantitative estimate of drug-likeness (QED) is 0.812.